The smallest absolute Gasteiger partial charge is 0.198 e. The van der Waals surface area contributed by atoms with E-state index < -0.39 is 0 Å². The number of quaternary nitrogens is 1. The molecule has 0 saturated carbocycles. The van der Waals surface area contributed by atoms with Gasteiger partial charge in [-0.15, -0.1) is 0 Å². The van der Waals surface area contributed by atoms with Crippen LogP contribution in [0.5, 0.6) is 0 Å². The highest BCUT2D eigenvalue weighted by Gasteiger charge is 1.91. The molecule has 5 nitrogen and oxygen atoms in total. The molecule has 0 fully saturated rings. The van der Waals surface area contributed by atoms with E-state index in [2.05, 4.69) is 15.9 Å². The fraction of sp³-hybridized carbons (Fsp3) is 0.333. The van der Waals surface area contributed by atoms with Gasteiger partial charge in [-0.05, 0) is 0 Å². The maximum Gasteiger partial charge on any atom is 0.198 e. The average Bonchev–Trinajstić information content (AvgIpc) is 2.20. The van der Waals surface area contributed by atoms with Crippen LogP contribution in [0.4, 0.5) is 5.69 Å². The summed E-state index contributed by atoms with van der Waals surface area (Å²) >= 11 is 0. The van der Waals surface area contributed by atoms with Gasteiger partial charge in [-0.3, -0.25) is 4.84 Å². The molecule has 5 heteroatoms. The third kappa shape index (κ3) is 4.20. The summed E-state index contributed by atoms with van der Waals surface area (Å²) in [6.07, 6.45) is 0. The van der Waals surface area contributed by atoms with Crippen LogP contribution in [0.15, 0.2) is 30.3 Å². The van der Waals surface area contributed by atoms with Crippen molar-refractivity contribution in [1.29, 1.82) is 0 Å². The summed E-state index contributed by atoms with van der Waals surface area (Å²) in [5.41, 5.74) is 7.53. The predicted molar refractivity (Wildman–Crippen MR) is 52.4 cm³/mol. The van der Waals surface area contributed by atoms with Crippen molar-refractivity contribution in [2.24, 2.45) is 0 Å². The maximum absolute atomic E-state index is 4.91. The van der Waals surface area contributed by atoms with E-state index in [0.717, 1.165) is 10.7 Å². The van der Waals surface area contributed by atoms with E-state index >= 15 is 0 Å². The molecule has 0 radical (unpaired) electrons. The Hall–Kier alpha value is -1.14. The standard InChI is InChI=1S/C9H15N3O2/c1-12(8-14-11-13-2)10-9-6-4-3-5-7-9/h3-7,11-12H,8H2,1-2H3. The molecule has 78 valence electrons. The molecule has 0 bridgehead atoms. The largest absolute Gasteiger partial charge is 0.487 e. The Kier molecular flexibility index (Phi) is 4.95. The summed E-state index contributed by atoms with van der Waals surface area (Å²) in [5, 5.41) is 0.876. The van der Waals surface area contributed by atoms with E-state index in [1.54, 1.807) is 0 Å². The Morgan fingerprint density at radius 2 is 2.07 bits per heavy atom. The van der Waals surface area contributed by atoms with E-state index in [9.17, 15) is 0 Å². The number of para-hydroxylation sites is 1. The predicted octanol–water partition coefficient (Wildman–Crippen LogP) is 0.162. The van der Waals surface area contributed by atoms with Gasteiger partial charge in [-0.2, -0.15) is 0 Å². The van der Waals surface area contributed by atoms with Crippen molar-refractivity contribution in [1.82, 2.24) is 5.64 Å². The summed E-state index contributed by atoms with van der Waals surface area (Å²) in [4.78, 5) is 9.43. The van der Waals surface area contributed by atoms with Crippen molar-refractivity contribution in [3.8, 4) is 0 Å². The third-order valence-electron chi connectivity index (χ3n) is 1.50. The summed E-state index contributed by atoms with van der Waals surface area (Å²) in [7, 11) is 3.38. The number of hydrogen-bond donors (Lipinski definition) is 2. The van der Waals surface area contributed by atoms with Crippen molar-refractivity contribution in [2.45, 2.75) is 0 Å². The number of nitrogens with zero attached hydrogens (tertiary/aromatic N) is 1. The van der Waals surface area contributed by atoms with Crippen molar-refractivity contribution < 1.29 is 14.7 Å². The minimum absolute atomic E-state index is 0.392. The van der Waals surface area contributed by atoms with Crippen LogP contribution in [0.2, 0.25) is 0 Å². The van der Waals surface area contributed by atoms with Crippen LogP contribution in [0.25, 0.3) is 5.43 Å². The third-order valence-corrected chi connectivity index (χ3v) is 1.50. The van der Waals surface area contributed by atoms with Gasteiger partial charge < -0.3 is 10.4 Å². The Morgan fingerprint density at radius 1 is 1.36 bits per heavy atom. The van der Waals surface area contributed by atoms with Crippen LogP contribution in [0.1, 0.15) is 0 Å². The second-order valence-corrected chi connectivity index (χ2v) is 2.76. The van der Waals surface area contributed by atoms with Gasteiger partial charge in [0, 0.05) is 0 Å². The minimum atomic E-state index is 0.392. The van der Waals surface area contributed by atoms with E-state index in [4.69, 9.17) is 4.84 Å². The first-order chi connectivity index (χ1) is 6.83. The normalized spacial score (nSPS) is 12.4. The van der Waals surface area contributed by atoms with Crippen molar-refractivity contribution in [3.63, 3.8) is 0 Å². The maximum atomic E-state index is 4.91. The first-order valence-corrected chi connectivity index (χ1v) is 4.32. The van der Waals surface area contributed by atoms with E-state index in [1.807, 2.05) is 37.4 Å². The van der Waals surface area contributed by atoms with Gasteiger partial charge in [0.15, 0.2) is 6.73 Å². The highest BCUT2D eigenvalue weighted by molar-refractivity contribution is 5.43. The van der Waals surface area contributed by atoms with Gasteiger partial charge in [-0.25, -0.2) is 4.84 Å². The molecule has 0 aliphatic carbocycles. The highest BCUT2D eigenvalue weighted by atomic mass is 16.9. The zero-order chi connectivity index (χ0) is 10.2. The Bertz CT molecular complexity index is 243. The fourth-order valence-corrected chi connectivity index (χ4v) is 0.948. The van der Waals surface area contributed by atoms with Crippen LogP contribution >= 0.6 is 0 Å². The summed E-state index contributed by atoms with van der Waals surface area (Å²) < 4.78 is 0. The van der Waals surface area contributed by atoms with Gasteiger partial charge in [0.05, 0.1) is 14.2 Å². The van der Waals surface area contributed by atoms with Crippen LogP contribution in [-0.2, 0) is 9.68 Å². The molecule has 14 heavy (non-hydrogen) atoms. The lowest BCUT2D eigenvalue weighted by molar-refractivity contribution is -0.863. The molecule has 2 N–H and O–H groups in total. The zero-order valence-electron chi connectivity index (χ0n) is 8.36. The van der Waals surface area contributed by atoms with Gasteiger partial charge in [-0.1, -0.05) is 41.7 Å². The lowest BCUT2D eigenvalue weighted by atomic mass is 10.3. The number of benzene rings is 1. The van der Waals surface area contributed by atoms with Crippen molar-refractivity contribution in [2.75, 3.05) is 20.9 Å². The zero-order valence-corrected chi connectivity index (χ0v) is 8.36. The van der Waals surface area contributed by atoms with Gasteiger partial charge in [0.25, 0.3) is 0 Å². The van der Waals surface area contributed by atoms with E-state index in [1.165, 1.54) is 7.11 Å². The van der Waals surface area contributed by atoms with Crippen LogP contribution in [0, 0.1) is 0 Å². The van der Waals surface area contributed by atoms with Crippen LogP contribution in [0.3, 0.4) is 0 Å². The molecule has 0 aliphatic heterocycles. The van der Waals surface area contributed by atoms with Gasteiger partial charge in [0.2, 0.25) is 0 Å². The molecule has 0 heterocycles. The summed E-state index contributed by atoms with van der Waals surface area (Å²) in [6, 6.07) is 9.72. The lowest BCUT2D eigenvalue weighted by Crippen LogP contribution is -3.04. The van der Waals surface area contributed by atoms with Gasteiger partial charge in [0.1, 0.15) is 0 Å². The molecule has 0 spiro atoms. The Labute approximate surface area is 83.5 Å². The molecule has 0 amide bonds. The molecule has 1 atom stereocenters. The average molecular weight is 197 g/mol. The minimum Gasteiger partial charge on any atom is -0.487 e. The number of nitrogens with one attached hydrogen (secondary N) is 2. The Balaban J connectivity index is 2.23. The molecule has 1 rings (SSSR count). The molecule has 1 aromatic rings. The van der Waals surface area contributed by atoms with E-state index in [-0.39, 0.29) is 0 Å². The van der Waals surface area contributed by atoms with Crippen LogP contribution < -0.4 is 10.7 Å². The highest BCUT2D eigenvalue weighted by Crippen LogP contribution is 2.10. The topological polar surface area (TPSA) is 49.0 Å². The first kappa shape index (κ1) is 10.9. The molecule has 0 saturated heterocycles. The fourth-order valence-electron chi connectivity index (χ4n) is 0.948. The molecule has 0 aliphatic rings. The SMILES string of the molecule is CONOC[NH+](C)[N-]c1ccccc1. The summed E-state index contributed by atoms with van der Waals surface area (Å²) in [6.45, 7) is 0.392. The van der Waals surface area contributed by atoms with Crippen molar-refractivity contribution >= 4 is 5.69 Å². The van der Waals surface area contributed by atoms with Crippen LogP contribution in [-0.4, -0.2) is 20.9 Å². The van der Waals surface area contributed by atoms with Gasteiger partial charge >= 0.3 is 0 Å². The monoisotopic (exact) mass is 197 g/mol. The molecular formula is C9H15N3O2. The molecule has 0 aromatic heterocycles. The Morgan fingerprint density at radius 3 is 2.71 bits per heavy atom. The second kappa shape index (κ2) is 6.33. The molecule has 1 aromatic carbocycles. The number of hydrogen-bond acceptors (Lipinski definition) is 3. The summed E-state index contributed by atoms with van der Waals surface area (Å²) in [5.74, 6) is 0. The second-order valence-electron chi connectivity index (χ2n) is 2.76. The molecular weight excluding hydrogens is 182 g/mol. The van der Waals surface area contributed by atoms with Crippen molar-refractivity contribution in [3.05, 3.63) is 35.8 Å². The quantitative estimate of drug-likeness (QED) is 0.388. The van der Waals surface area contributed by atoms with E-state index in [0.29, 0.717) is 6.73 Å². The molecule has 1 unspecified atom stereocenters. The first-order valence-electron chi connectivity index (χ1n) is 4.32. The lowest BCUT2D eigenvalue weighted by Gasteiger charge is -2.27. The number of rotatable bonds is 6.